The fourth-order valence-electron chi connectivity index (χ4n) is 2.39. The van der Waals surface area contributed by atoms with Crippen LogP contribution in [0.15, 0.2) is 23.1 Å². The molecule has 0 radical (unpaired) electrons. The molecule has 1 heterocycles. The molecule has 0 aromatic heterocycles. The van der Waals surface area contributed by atoms with E-state index in [1.54, 1.807) is 12.1 Å². The van der Waals surface area contributed by atoms with E-state index in [1.807, 2.05) is 6.92 Å². The lowest BCUT2D eigenvalue weighted by atomic mass is 9.95. The SMILES string of the molecule is Cc1ccc(S(=O)(=O)N(C)CC2(O)CCOCC2)c(Cl)c1. The summed E-state index contributed by atoms with van der Waals surface area (Å²) in [6, 6.07) is 4.82. The van der Waals surface area contributed by atoms with Crippen LogP contribution in [0.4, 0.5) is 0 Å². The van der Waals surface area contributed by atoms with Crippen molar-refractivity contribution in [3.8, 4) is 0 Å². The fourth-order valence-corrected chi connectivity index (χ4v) is 4.21. The number of aliphatic hydroxyl groups is 1. The lowest BCUT2D eigenvalue weighted by Gasteiger charge is -2.35. The Bertz CT molecular complexity index is 611. The van der Waals surface area contributed by atoms with Crippen LogP contribution in [-0.4, -0.2) is 50.2 Å². The smallest absolute Gasteiger partial charge is 0.244 e. The summed E-state index contributed by atoms with van der Waals surface area (Å²) in [6.45, 7) is 2.75. The Morgan fingerprint density at radius 1 is 1.38 bits per heavy atom. The second-order valence-corrected chi connectivity index (χ2v) is 7.95. The first kappa shape index (κ1) is 16.7. The first-order valence-electron chi connectivity index (χ1n) is 6.77. The highest BCUT2D eigenvalue weighted by molar-refractivity contribution is 7.89. The van der Waals surface area contributed by atoms with Crippen LogP contribution in [0.1, 0.15) is 18.4 Å². The maximum Gasteiger partial charge on any atom is 0.244 e. The van der Waals surface area contributed by atoms with Crippen molar-refractivity contribution in [2.24, 2.45) is 0 Å². The molecule has 5 nitrogen and oxygen atoms in total. The standard InChI is InChI=1S/C14H20ClNO4S/c1-11-3-4-13(12(15)9-11)21(18,19)16(2)10-14(17)5-7-20-8-6-14/h3-4,9,17H,5-8,10H2,1-2H3. The minimum absolute atomic E-state index is 0.0307. The van der Waals surface area contributed by atoms with Gasteiger partial charge in [-0.1, -0.05) is 17.7 Å². The molecule has 0 unspecified atom stereocenters. The lowest BCUT2D eigenvalue weighted by molar-refractivity contribution is -0.0689. The molecule has 0 aliphatic carbocycles. The van der Waals surface area contributed by atoms with Crippen molar-refractivity contribution in [3.05, 3.63) is 28.8 Å². The molecule has 1 fully saturated rings. The number of aryl methyl sites for hydroxylation is 1. The number of benzene rings is 1. The van der Waals surface area contributed by atoms with Crippen LogP contribution < -0.4 is 0 Å². The van der Waals surface area contributed by atoms with Gasteiger partial charge in [-0.25, -0.2) is 8.42 Å². The van der Waals surface area contributed by atoms with Gasteiger partial charge in [-0.15, -0.1) is 0 Å². The van der Waals surface area contributed by atoms with Crippen LogP contribution >= 0.6 is 11.6 Å². The van der Waals surface area contributed by atoms with Gasteiger partial charge in [0.05, 0.1) is 10.6 Å². The topological polar surface area (TPSA) is 66.8 Å². The molecule has 118 valence electrons. The summed E-state index contributed by atoms with van der Waals surface area (Å²) in [7, 11) is -2.27. The fraction of sp³-hybridized carbons (Fsp3) is 0.571. The predicted molar refractivity (Wildman–Crippen MR) is 81.0 cm³/mol. The number of rotatable bonds is 4. The molecule has 1 saturated heterocycles. The molecule has 0 spiro atoms. The van der Waals surface area contributed by atoms with Crippen molar-refractivity contribution in [3.63, 3.8) is 0 Å². The van der Waals surface area contributed by atoms with Crippen LogP contribution in [0.5, 0.6) is 0 Å². The highest BCUT2D eigenvalue weighted by Gasteiger charge is 2.35. The molecule has 1 aliphatic rings. The van der Waals surface area contributed by atoms with Gasteiger partial charge in [0.15, 0.2) is 0 Å². The van der Waals surface area contributed by atoms with Crippen LogP contribution in [-0.2, 0) is 14.8 Å². The monoisotopic (exact) mass is 333 g/mol. The van der Waals surface area contributed by atoms with Crippen molar-refractivity contribution >= 4 is 21.6 Å². The highest BCUT2D eigenvalue weighted by atomic mass is 35.5. The van der Waals surface area contributed by atoms with Gasteiger partial charge >= 0.3 is 0 Å². The molecule has 0 amide bonds. The molecule has 7 heteroatoms. The minimum Gasteiger partial charge on any atom is -0.388 e. The van der Waals surface area contributed by atoms with Crippen LogP contribution in [0, 0.1) is 6.92 Å². The summed E-state index contributed by atoms with van der Waals surface area (Å²) in [5.41, 5.74) is -0.151. The minimum atomic E-state index is -3.72. The zero-order chi connectivity index (χ0) is 15.7. The summed E-state index contributed by atoms with van der Waals surface area (Å²) in [5, 5.41) is 10.6. The molecule has 2 rings (SSSR count). The van der Waals surface area contributed by atoms with E-state index in [4.69, 9.17) is 16.3 Å². The molecule has 1 aliphatic heterocycles. The second-order valence-electron chi connectivity index (χ2n) is 5.53. The Morgan fingerprint density at radius 3 is 2.57 bits per heavy atom. The van der Waals surface area contributed by atoms with Gasteiger partial charge < -0.3 is 9.84 Å². The number of nitrogens with zero attached hydrogens (tertiary/aromatic N) is 1. The molecule has 1 aromatic rings. The molecular weight excluding hydrogens is 314 g/mol. The van der Waals surface area contributed by atoms with Gasteiger partial charge in [-0.05, 0) is 24.6 Å². The van der Waals surface area contributed by atoms with E-state index < -0.39 is 15.6 Å². The number of likely N-dealkylation sites (N-methyl/N-ethyl adjacent to an activating group) is 1. The van der Waals surface area contributed by atoms with Crippen LogP contribution in [0.2, 0.25) is 5.02 Å². The lowest BCUT2D eigenvalue weighted by Crippen LogP contribution is -2.47. The van der Waals surface area contributed by atoms with Gasteiger partial charge in [-0.3, -0.25) is 0 Å². The predicted octanol–water partition coefficient (Wildman–Crippen LogP) is 1.81. The molecular formula is C14H20ClNO4S. The zero-order valence-electron chi connectivity index (χ0n) is 12.2. The molecule has 21 heavy (non-hydrogen) atoms. The third-order valence-corrected chi connectivity index (χ3v) is 6.00. The molecule has 0 bridgehead atoms. The Morgan fingerprint density at radius 2 is 2.00 bits per heavy atom. The first-order valence-corrected chi connectivity index (χ1v) is 8.59. The summed E-state index contributed by atoms with van der Waals surface area (Å²) < 4.78 is 31.5. The Balaban J connectivity index is 2.22. The van der Waals surface area contributed by atoms with E-state index in [2.05, 4.69) is 0 Å². The van der Waals surface area contributed by atoms with E-state index in [0.717, 1.165) is 9.87 Å². The third kappa shape index (κ3) is 3.76. The Labute approximate surface area is 130 Å². The molecule has 1 N–H and O–H groups in total. The van der Waals surface area contributed by atoms with Gasteiger partial charge in [0, 0.05) is 39.6 Å². The van der Waals surface area contributed by atoms with Crippen molar-refractivity contribution in [2.45, 2.75) is 30.3 Å². The number of sulfonamides is 1. The van der Waals surface area contributed by atoms with E-state index in [1.165, 1.54) is 13.1 Å². The van der Waals surface area contributed by atoms with E-state index >= 15 is 0 Å². The molecule has 1 aromatic carbocycles. The van der Waals surface area contributed by atoms with Gasteiger partial charge in [0.1, 0.15) is 4.90 Å². The van der Waals surface area contributed by atoms with E-state index in [0.29, 0.717) is 26.1 Å². The second kappa shape index (κ2) is 6.22. The van der Waals surface area contributed by atoms with Crippen molar-refractivity contribution in [1.82, 2.24) is 4.31 Å². The largest absolute Gasteiger partial charge is 0.388 e. The summed E-state index contributed by atoms with van der Waals surface area (Å²) in [6.07, 6.45) is 0.850. The summed E-state index contributed by atoms with van der Waals surface area (Å²) >= 11 is 6.05. The molecule has 0 atom stereocenters. The van der Waals surface area contributed by atoms with E-state index in [9.17, 15) is 13.5 Å². The number of hydrogen-bond acceptors (Lipinski definition) is 4. The number of ether oxygens (including phenoxy) is 1. The normalized spacial score (nSPS) is 18.9. The number of hydrogen-bond donors (Lipinski definition) is 1. The van der Waals surface area contributed by atoms with Crippen molar-refractivity contribution in [2.75, 3.05) is 26.8 Å². The third-order valence-electron chi connectivity index (χ3n) is 3.72. The van der Waals surface area contributed by atoms with Gasteiger partial charge in [0.25, 0.3) is 0 Å². The number of halogens is 1. The van der Waals surface area contributed by atoms with Crippen LogP contribution in [0.25, 0.3) is 0 Å². The van der Waals surface area contributed by atoms with Crippen molar-refractivity contribution in [1.29, 1.82) is 0 Å². The summed E-state index contributed by atoms with van der Waals surface area (Å²) in [4.78, 5) is 0.0629. The Kier molecular flexibility index (Phi) is 4.95. The maximum atomic E-state index is 12.6. The van der Waals surface area contributed by atoms with Gasteiger partial charge in [-0.2, -0.15) is 4.31 Å². The Hall–Kier alpha value is -0.660. The van der Waals surface area contributed by atoms with Crippen LogP contribution in [0.3, 0.4) is 0 Å². The average molecular weight is 334 g/mol. The summed E-state index contributed by atoms with van der Waals surface area (Å²) in [5.74, 6) is 0. The van der Waals surface area contributed by atoms with E-state index in [-0.39, 0.29) is 16.5 Å². The highest BCUT2D eigenvalue weighted by Crippen LogP contribution is 2.28. The van der Waals surface area contributed by atoms with Crippen molar-refractivity contribution < 1.29 is 18.3 Å². The quantitative estimate of drug-likeness (QED) is 0.912. The van der Waals surface area contributed by atoms with Gasteiger partial charge in [0.2, 0.25) is 10.0 Å². The zero-order valence-corrected chi connectivity index (χ0v) is 13.7. The molecule has 0 saturated carbocycles. The first-order chi connectivity index (χ1) is 9.74. The maximum absolute atomic E-state index is 12.6. The average Bonchev–Trinajstić information content (AvgIpc) is 2.38.